The van der Waals surface area contributed by atoms with E-state index < -0.39 is 89.2 Å². The molecule has 0 aliphatic heterocycles. The molecule has 4 aromatic rings. The summed E-state index contributed by atoms with van der Waals surface area (Å²) in [5.41, 5.74) is -3.45. The second-order valence-electron chi connectivity index (χ2n) is 11.2. The third kappa shape index (κ3) is 15.6. The molecule has 0 atom stereocenters. The molecule has 0 saturated heterocycles. The number of phosphoric ester groups is 4. The van der Waals surface area contributed by atoms with E-state index in [2.05, 4.69) is 28.7 Å². The van der Waals surface area contributed by atoms with Crippen molar-refractivity contribution in [2.24, 2.45) is 0 Å². The first-order valence-corrected chi connectivity index (χ1v) is 23.6. The summed E-state index contributed by atoms with van der Waals surface area (Å²) < 4.78 is 60.5. The second-order valence-corrected chi connectivity index (χ2v) is 18.1. The average Bonchev–Trinajstić information content (AvgIpc) is 3.11. The molecule has 2 amide bonds. The van der Waals surface area contributed by atoms with Crippen molar-refractivity contribution in [3.63, 3.8) is 0 Å². The molecule has 4 aromatic carbocycles. The van der Waals surface area contributed by atoms with Gasteiger partial charge in [-0.1, -0.05) is 21.6 Å². The summed E-state index contributed by atoms with van der Waals surface area (Å²) in [6.07, 6.45) is 0. The Labute approximate surface area is 342 Å². The molecule has 0 saturated carbocycles. The lowest BCUT2D eigenvalue weighted by molar-refractivity contribution is 0.0653. The van der Waals surface area contributed by atoms with Gasteiger partial charge in [-0.3, -0.25) is 48.7 Å². The molecule has 30 heteroatoms. The maximum absolute atomic E-state index is 13.0. The minimum Gasteiger partial charge on any atom is -0.367 e. The molecule has 0 aliphatic rings. The van der Waals surface area contributed by atoms with Crippen molar-refractivity contribution in [3.8, 4) is 0 Å². The Bertz CT molecular complexity index is 2280. The highest BCUT2D eigenvalue weighted by Gasteiger charge is 2.28. The van der Waals surface area contributed by atoms with Gasteiger partial charge in [-0.15, -0.1) is 0 Å². The summed E-state index contributed by atoms with van der Waals surface area (Å²) in [4.78, 5) is 148. The van der Waals surface area contributed by atoms with Crippen LogP contribution in [0.1, 0.15) is 62.1 Å². The van der Waals surface area contributed by atoms with E-state index in [0.717, 1.165) is 24.3 Å². The summed E-state index contributed by atoms with van der Waals surface area (Å²) >= 11 is 0. The Morgan fingerprint density at radius 1 is 0.383 bits per heavy atom. The van der Waals surface area contributed by atoms with Crippen molar-refractivity contribution in [1.29, 1.82) is 0 Å². The van der Waals surface area contributed by atoms with E-state index in [1.807, 2.05) is 0 Å². The minimum absolute atomic E-state index is 0.0253. The molecule has 10 N–H and O–H groups in total. The summed E-state index contributed by atoms with van der Waals surface area (Å²) in [5.74, 6) is -8.26. The van der Waals surface area contributed by atoms with Gasteiger partial charge in [0.25, 0.3) is 11.8 Å². The highest BCUT2D eigenvalue weighted by molar-refractivity contribution is 8.76. The van der Waals surface area contributed by atoms with Crippen molar-refractivity contribution in [2.45, 2.75) is 9.79 Å². The zero-order chi connectivity index (χ0) is 44.8. The van der Waals surface area contributed by atoms with Gasteiger partial charge >= 0.3 is 55.2 Å². The molecule has 0 bridgehead atoms. The fraction of sp³-hybridized carbons (Fsp3) is 0. The molecule has 0 heterocycles. The Balaban J connectivity index is 1.42. The Morgan fingerprint density at radius 3 is 0.833 bits per heavy atom. The van der Waals surface area contributed by atoms with Crippen LogP contribution < -0.4 is 10.6 Å². The van der Waals surface area contributed by atoms with Gasteiger partial charge in [0, 0.05) is 32.3 Å². The van der Waals surface area contributed by atoms with Crippen LogP contribution in [0.2, 0.25) is 0 Å². The summed E-state index contributed by atoms with van der Waals surface area (Å²) in [6.45, 7) is 0. The number of rotatable bonds is 15. The molecule has 0 fully saturated rings. The number of hydrogen-bond acceptors (Lipinski definition) is 16. The number of nitrogens with one attached hydrogen (secondary N) is 2. The Hall–Kier alpha value is -5.00. The van der Waals surface area contributed by atoms with Crippen LogP contribution in [0.25, 0.3) is 0 Å². The van der Waals surface area contributed by atoms with Crippen molar-refractivity contribution in [2.75, 3.05) is 10.6 Å². The SMILES string of the molecule is O=C(Nc1cc(C(=O)OP(=O)(O)O)cc(C(=O)OP(=O)(O)O)c1)c1ccc(SSc2ccc(C(=O)Nc3cc(C(=O)OP(=O)(O)O)cc(C(=O)OP(=O)(O)O)c3)cc2)cc1. The Kier molecular flexibility index (Phi) is 15.2. The average molecular weight is 953 g/mol. The summed E-state index contributed by atoms with van der Waals surface area (Å²) in [5, 5.41) is 4.65. The molecule has 0 aromatic heterocycles. The van der Waals surface area contributed by atoms with E-state index in [4.69, 9.17) is 39.1 Å². The monoisotopic (exact) mass is 952 g/mol. The lowest BCUT2D eigenvalue weighted by Gasteiger charge is -2.12. The van der Waals surface area contributed by atoms with E-state index in [-0.39, 0.29) is 22.5 Å². The molecule has 60 heavy (non-hydrogen) atoms. The summed E-state index contributed by atoms with van der Waals surface area (Å²) in [6, 6.07) is 16.4. The van der Waals surface area contributed by atoms with E-state index in [1.54, 1.807) is 0 Å². The molecule has 24 nitrogen and oxygen atoms in total. The first-order chi connectivity index (χ1) is 27.6. The predicted molar refractivity (Wildman–Crippen MR) is 203 cm³/mol. The largest absolute Gasteiger partial charge is 0.527 e. The van der Waals surface area contributed by atoms with Crippen molar-refractivity contribution in [3.05, 3.63) is 118 Å². The van der Waals surface area contributed by atoms with Gasteiger partial charge in [0.05, 0.1) is 22.3 Å². The zero-order valence-corrected chi connectivity index (χ0v) is 34.2. The topological polar surface area (TPSA) is 394 Å². The normalized spacial score (nSPS) is 11.8. The number of benzene rings is 4. The maximum atomic E-state index is 13.0. The standard InChI is InChI=1S/C30H24N2O22P4S2/c33-25(31-21-11-17(27(35)51-55(39,40)41)9-18(12-21)28(36)52-56(42,43)44)15-1-5-23(6-2-15)59-60-24-7-3-16(4-8-24)26(34)32-22-13-19(29(37)53-57(45,46)47)10-20(14-22)30(38)54-58(48,49)50/h1-14H,(H,31,33)(H,32,34)(H2,39,40,41)(H2,42,43,44)(H2,45,46,47)(H2,48,49,50). The smallest absolute Gasteiger partial charge is 0.367 e. The van der Waals surface area contributed by atoms with Crippen LogP contribution >= 0.6 is 52.9 Å². The number of hydrogen-bond donors (Lipinski definition) is 10. The minimum atomic E-state index is -5.37. The highest BCUT2D eigenvalue weighted by Crippen LogP contribution is 2.41. The Morgan fingerprint density at radius 2 is 0.617 bits per heavy atom. The van der Waals surface area contributed by atoms with Gasteiger partial charge in [-0.25, -0.2) is 37.4 Å². The van der Waals surface area contributed by atoms with Gasteiger partial charge in [0.2, 0.25) is 0 Å². The molecule has 0 radical (unpaired) electrons. The zero-order valence-electron chi connectivity index (χ0n) is 29.0. The van der Waals surface area contributed by atoms with Gasteiger partial charge < -0.3 is 28.7 Å². The lowest BCUT2D eigenvalue weighted by Crippen LogP contribution is -2.14. The van der Waals surface area contributed by atoms with E-state index in [0.29, 0.717) is 21.9 Å². The fourth-order valence-corrected chi connectivity index (χ4v) is 7.56. The molecular weight excluding hydrogens is 928 g/mol. The van der Waals surface area contributed by atoms with Crippen LogP contribution in [0.15, 0.2) is 94.7 Å². The molecule has 0 spiro atoms. The highest BCUT2D eigenvalue weighted by atomic mass is 33.1. The molecular formula is C30H24N2O22P4S2. The van der Waals surface area contributed by atoms with E-state index in [9.17, 15) is 47.0 Å². The van der Waals surface area contributed by atoms with Crippen molar-refractivity contribution >= 4 is 99.9 Å². The number of amides is 2. The summed E-state index contributed by atoms with van der Waals surface area (Å²) in [7, 11) is -19.1. The number of carbonyl (C=O) groups is 6. The molecule has 0 unspecified atom stereocenters. The molecule has 4 rings (SSSR count). The van der Waals surface area contributed by atoms with Crippen LogP contribution in [0.3, 0.4) is 0 Å². The van der Waals surface area contributed by atoms with Crippen LogP contribution in [0.5, 0.6) is 0 Å². The number of carbonyl (C=O) groups excluding carboxylic acids is 6. The first-order valence-electron chi connectivity index (χ1n) is 15.3. The van der Waals surface area contributed by atoms with Gasteiger partial charge in [-0.2, -0.15) is 0 Å². The quantitative estimate of drug-likeness (QED) is 0.0594. The third-order valence-corrected chi connectivity index (χ3v) is 10.6. The van der Waals surface area contributed by atoms with Crippen molar-refractivity contribution in [1.82, 2.24) is 0 Å². The van der Waals surface area contributed by atoms with Gasteiger partial charge in [0.1, 0.15) is 0 Å². The number of phosphoric acid groups is 4. The van der Waals surface area contributed by atoms with Crippen molar-refractivity contribution < 1.29 is 104 Å². The second kappa shape index (κ2) is 19.1. The van der Waals surface area contributed by atoms with Gasteiger partial charge in [0.15, 0.2) is 0 Å². The maximum Gasteiger partial charge on any atom is 0.527 e. The van der Waals surface area contributed by atoms with Crippen LogP contribution in [0.4, 0.5) is 11.4 Å². The van der Waals surface area contributed by atoms with Gasteiger partial charge in [-0.05, 0) is 84.9 Å². The van der Waals surface area contributed by atoms with Crippen LogP contribution in [-0.2, 0) is 36.4 Å². The fourth-order valence-electron chi connectivity index (χ4n) is 4.34. The van der Waals surface area contributed by atoms with E-state index in [1.165, 1.54) is 70.1 Å². The molecule has 0 aliphatic carbocycles. The van der Waals surface area contributed by atoms with E-state index >= 15 is 0 Å². The lowest BCUT2D eigenvalue weighted by atomic mass is 10.1. The first kappa shape index (κ1) is 47.7. The third-order valence-electron chi connectivity index (χ3n) is 6.60. The van der Waals surface area contributed by atoms with Crippen LogP contribution in [-0.4, -0.2) is 74.8 Å². The molecule has 318 valence electrons. The predicted octanol–water partition coefficient (Wildman–Crippen LogP) is 3.99. The number of anilines is 2. The van der Waals surface area contributed by atoms with Crippen LogP contribution in [0, 0.1) is 0 Å².